The van der Waals surface area contributed by atoms with Crippen LogP contribution in [0, 0.1) is 5.92 Å². The van der Waals surface area contributed by atoms with Gasteiger partial charge in [0.05, 0.1) is 23.7 Å². The van der Waals surface area contributed by atoms with E-state index in [1.54, 1.807) is 27.8 Å². The number of hydrogen-bond donors (Lipinski definition) is 2. The van der Waals surface area contributed by atoms with E-state index in [9.17, 15) is 8.42 Å². The summed E-state index contributed by atoms with van der Waals surface area (Å²) >= 11 is 0. The van der Waals surface area contributed by atoms with Crippen LogP contribution >= 0.6 is 24.0 Å². The lowest BCUT2D eigenvalue weighted by Crippen LogP contribution is -2.43. The molecule has 0 radical (unpaired) electrons. The number of nitrogens with one attached hydrogen (secondary N) is 2. The second kappa shape index (κ2) is 12.6. The molecule has 1 aromatic rings. The van der Waals surface area contributed by atoms with Crippen molar-refractivity contribution in [2.45, 2.75) is 39.0 Å². The molecule has 0 spiro atoms. The number of benzene rings is 1. The van der Waals surface area contributed by atoms with E-state index in [1.807, 2.05) is 30.3 Å². The van der Waals surface area contributed by atoms with Gasteiger partial charge in [-0.15, -0.1) is 24.0 Å². The Morgan fingerprint density at radius 3 is 2.37 bits per heavy atom. The van der Waals surface area contributed by atoms with E-state index in [0.29, 0.717) is 38.2 Å². The van der Waals surface area contributed by atoms with E-state index >= 15 is 0 Å². The lowest BCUT2D eigenvalue weighted by Gasteiger charge is -2.20. The van der Waals surface area contributed by atoms with Crippen LogP contribution in [-0.4, -0.2) is 51.6 Å². The predicted octanol–water partition coefficient (Wildman–Crippen LogP) is 2.84. The van der Waals surface area contributed by atoms with Crippen molar-refractivity contribution in [2.75, 3.05) is 32.5 Å². The number of nitrogens with zero attached hydrogens (tertiary/aromatic N) is 1. The van der Waals surface area contributed by atoms with Crippen LogP contribution in [-0.2, 0) is 21.2 Å². The first kappa shape index (κ1) is 26.1. The number of hydrogen-bond acceptors (Lipinski definition) is 4. The molecule has 156 valence electrons. The summed E-state index contributed by atoms with van der Waals surface area (Å²) in [6, 6.07) is 10.1. The number of guanidine groups is 1. The van der Waals surface area contributed by atoms with Crippen LogP contribution in [0.5, 0.6) is 0 Å². The number of sulfone groups is 1. The molecular weight excluding hydrogens is 477 g/mol. The van der Waals surface area contributed by atoms with Crippen LogP contribution in [0.25, 0.3) is 0 Å². The SMILES string of the molecule is CN=C(NCCS(=O)(=O)C(C)(C)C)NCC(C)COCc1ccccc1.I. The Morgan fingerprint density at radius 2 is 1.81 bits per heavy atom. The molecule has 0 heterocycles. The van der Waals surface area contributed by atoms with Gasteiger partial charge in [-0.3, -0.25) is 4.99 Å². The van der Waals surface area contributed by atoms with Crippen molar-refractivity contribution < 1.29 is 13.2 Å². The second-order valence-electron chi connectivity index (χ2n) is 7.42. The summed E-state index contributed by atoms with van der Waals surface area (Å²) in [5.74, 6) is 0.979. The quantitative estimate of drug-likeness (QED) is 0.303. The van der Waals surface area contributed by atoms with Crippen molar-refractivity contribution in [1.82, 2.24) is 10.6 Å². The first-order valence-electron chi connectivity index (χ1n) is 8.94. The summed E-state index contributed by atoms with van der Waals surface area (Å²) in [6.45, 7) is 9.50. The van der Waals surface area contributed by atoms with Crippen LogP contribution in [0.3, 0.4) is 0 Å². The highest BCUT2D eigenvalue weighted by atomic mass is 127. The smallest absolute Gasteiger partial charge is 0.191 e. The molecule has 0 bridgehead atoms. The van der Waals surface area contributed by atoms with Gasteiger partial charge in [0.1, 0.15) is 0 Å². The first-order valence-corrected chi connectivity index (χ1v) is 10.6. The largest absolute Gasteiger partial charge is 0.376 e. The fraction of sp³-hybridized carbons (Fsp3) is 0.632. The van der Waals surface area contributed by atoms with Gasteiger partial charge in [0, 0.05) is 20.1 Å². The molecule has 0 aromatic heterocycles. The second-order valence-corrected chi connectivity index (χ2v) is 10.3. The normalized spacial score (nSPS) is 13.6. The molecule has 1 aromatic carbocycles. The molecule has 1 unspecified atom stereocenters. The molecule has 6 nitrogen and oxygen atoms in total. The van der Waals surface area contributed by atoms with Gasteiger partial charge in [-0.25, -0.2) is 8.42 Å². The third-order valence-corrected chi connectivity index (χ3v) is 6.56. The molecule has 1 rings (SSSR count). The average Bonchev–Trinajstić information content (AvgIpc) is 2.57. The van der Waals surface area contributed by atoms with E-state index in [1.165, 1.54) is 0 Å². The third-order valence-electron chi connectivity index (χ3n) is 3.95. The molecule has 1 atom stereocenters. The van der Waals surface area contributed by atoms with Gasteiger partial charge >= 0.3 is 0 Å². The molecule has 0 aliphatic rings. The number of ether oxygens (including phenoxy) is 1. The average molecular weight is 511 g/mol. The van der Waals surface area contributed by atoms with Crippen LogP contribution in [0.4, 0.5) is 0 Å². The van der Waals surface area contributed by atoms with Crippen molar-refractivity contribution in [1.29, 1.82) is 0 Å². The highest BCUT2D eigenvalue weighted by Crippen LogP contribution is 2.15. The lowest BCUT2D eigenvalue weighted by atomic mass is 10.2. The molecule has 0 aliphatic heterocycles. The summed E-state index contributed by atoms with van der Waals surface area (Å²) in [7, 11) is -1.47. The zero-order valence-electron chi connectivity index (χ0n) is 17.0. The fourth-order valence-corrected chi connectivity index (χ4v) is 3.10. The Hall–Kier alpha value is -0.870. The zero-order valence-corrected chi connectivity index (χ0v) is 20.1. The predicted molar refractivity (Wildman–Crippen MR) is 124 cm³/mol. The van der Waals surface area contributed by atoms with Gasteiger partial charge in [0.25, 0.3) is 0 Å². The Labute approximate surface area is 181 Å². The third kappa shape index (κ3) is 10.3. The standard InChI is InChI=1S/C19H33N3O3S.HI/c1-16(14-25-15-17-9-7-6-8-10-17)13-22-18(20-5)21-11-12-26(23,24)19(2,3)4;/h6-10,16H,11-15H2,1-5H3,(H2,20,21,22);1H. The monoisotopic (exact) mass is 511 g/mol. The number of rotatable bonds is 9. The molecule has 0 fully saturated rings. The Morgan fingerprint density at radius 1 is 1.19 bits per heavy atom. The maximum absolute atomic E-state index is 12.1. The van der Waals surface area contributed by atoms with Gasteiger partial charge in [0.2, 0.25) is 0 Å². The number of halogens is 1. The Balaban J connectivity index is 0.00000676. The molecule has 0 amide bonds. The zero-order chi connectivity index (χ0) is 19.6. The minimum absolute atomic E-state index is 0. The van der Waals surface area contributed by atoms with Crippen molar-refractivity contribution in [2.24, 2.45) is 10.9 Å². The first-order chi connectivity index (χ1) is 12.2. The van der Waals surface area contributed by atoms with E-state index in [-0.39, 0.29) is 29.7 Å². The summed E-state index contributed by atoms with van der Waals surface area (Å²) in [5.41, 5.74) is 1.16. The van der Waals surface area contributed by atoms with E-state index < -0.39 is 14.6 Å². The van der Waals surface area contributed by atoms with Crippen molar-refractivity contribution in [3.63, 3.8) is 0 Å². The maximum Gasteiger partial charge on any atom is 0.191 e. The number of aliphatic imine (C=N–C) groups is 1. The molecular formula is C19H34IN3O3S. The summed E-state index contributed by atoms with van der Waals surface area (Å²) in [5, 5.41) is 6.26. The van der Waals surface area contributed by atoms with Gasteiger partial charge in [-0.05, 0) is 32.3 Å². The lowest BCUT2D eigenvalue weighted by molar-refractivity contribution is 0.0931. The van der Waals surface area contributed by atoms with Gasteiger partial charge < -0.3 is 15.4 Å². The van der Waals surface area contributed by atoms with Crippen molar-refractivity contribution in [3.05, 3.63) is 35.9 Å². The maximum atomic E-state index is 12.1. The Bertz CT molecular complexity index is 659. The molecule has 8 heteroatoms. The topological polar surface area (TPSA) is 79.8 Å². The molecule has 0 aliphatic carbocycles. The van der Waals surface area contributed by atoms with E-state index in [2.05, 4.69) is 22.5 Å². The highest BCUT2D eigenvalue weighted by molar-refractivity contribution is 14.0. The summed E-state index contributed by atoms with van der Waals surface area (Å²) in [6.07, 6.45) is 0. The highest BCUT2D eigenvalue weighted by Gasteiger charge is 2.28. The summed E-state index contributed by atoms with van der Waals surface area (Å²) in [4.78, 5) is 4.13. The van der Waals surface area contributed by atoms with Crippen LogP contribution in [0.15, 0.2) is 35.3 Å². The molecule has 2 N–H and O–H groups in total. The van der Waals surface area contributed by atoms with Gasteiger partial charge in [-0.2, -0.15) is 0 Å². The fourth-order valence-electron chi connectivity index (χ4n) is 2.11. The molecule has 0 saturated heterocycles. The van der Waals surface area contributed by atoms with E-state index in [0.717, 1.165) is 5.56 Å². The summed E-state index contributed by atoms with van der Waals surface area (Å²) < 4.78 is 29.2. The minimum atomic E-state index is -3.14. The Kier molecular flexibility index (Phi) is 12.2. The molecule has 27 heavy (non-hydrogen) atoms. The van der Waals surface area contributed by atoms with Crippen LogP contribution < -0.4 is 10.6 Å². The van der Waals surface area contributed by atoms with Crippen molar-refractivity contribution >= 4 is 39.8 Å². The van der Waals surface area contributed by atoms with Gasteiger partial charge in [0.15, 0.2) is 15.8 Å². The van der Waals surface area contributed by atoms with Gasteiger partial charge in [-0.1, -0.05) is 37.3 Å². The van der Waals surface area contributed by atoms with Crippen LogP contribution in [0.1, 0.15) is 33.3 Å². The molecule has 0 saturated carbocycles. The van der Waals surface area contributed by atoms with Crippen molar-refractivity contribution in [3.8, 4) is 0 Å². The van der Waals surface area contributed by atoms with Crippen LogP contribution in [0.2, 0.25) is 0 Å². The minimum Gasteiger partial charge on any atom is -0.376 e. The van der Waals surface area contributed by atoms with E-state index in [4.69, 9.17) is 4.74 Å².